The second-order valence-electron chi connectivity index (χ2n) is 6.46. The van der Waals surface area contributed by atoms with E-state index >= 15 is 0 Å². The molecule has 27 heavy (non-hydrogen) atoms. The van der Waals surface area contributed by atoms with Gasteiger partial charge in [0.2, 0.25) is 0 Å². The summed E-state index contributed by atoms with van der Waals surface area (Å²) in [5.74, 6) is -0.424. The zero-order valence-electron chi connectivity index (χ0n) is 14.9. The smallest absolute Gasteiger partial charge is 0.266 e. The molecular formula is C24H20N2O. The Hall–Kier alpha value is -3.59. The van der Waals surface area contributed by atoms with Crippen molar-refractivity contribution in [1.29, 1.82) is 0 Å². The topological polar surface area (TPSA) is 48.0 Å². The Morgan fingerprint density at radius 2 is 1.26 bits per heavy atom. The Morgan fingerprint density at radius 1 is 0.741 bits per heavy atom. The zero-order valence-corrected chi connectivity index (χ0v) is 14.9. The fraction of sp³-hybridized carbons (Fsp3) is 0.0417. The lowest BCUT2D eigenvalue weighted by Gasteiger charge is -2.13. The van der Waals surface area contributed by atoms with Gasteiger partial charge in [0.05, 0.1) is 0 Å². The first-order valence-corrected chi connectivity index (χ1v) is 8.92. The van der Waals surface area contributed by atoms with E-state index in [0.717, 1.165) is 27.9 Å². The second-order valence-corrected chi connectivity index (χ2v) is 6.46. The quantitative estimate of drug-likeness (QED) is 0.542. The molecule has 0 saturated heterocycles. The Kier molecular flexibility index (Phi) is 4.58. The van der Waals surface area contributed by atoms with Gasteiger partial charge in [0.1, 0.15) is 5.69 Å². The molecule has 0 spiro atoms. The molecule has 0 aliphatic rings. The van der Waals surface area contributed by atoms with E-state index in [1.165, 1.54) is 0 Å². The SMILES string of the molecule is NC(=O)c1c(-c2ccccc2)cc(-c2ccccc2)n1Cc1ccccc1. The summed E-state index contributed by atoms with van der Waals surface area (Å²) in [7, 11) is 0. The van der Waals surface area contributed by atoms with Crippen molar-refractivity contribution in [3.05, 3.63) is 108 Å². The minimum atomic E-state index is -0.424. The number of nitrogens with two attached hydrogens (primary N) is 1. The Labute approximate surface area is 158 Å². The highest BCUT2D eigenvalue weighted by Crippen LogP contribution is 2.33. The van der Waals surface area contributed by atoms with Crippen LogP contribution in [0.4, 0.5) is 0 Å². The molecule has 3 heteroatoms. The van der Waals surface area contributed by atoms with E-state index in [1.54, 1.807) is 0 Å². The van der Waals surface area contributed by atoms with Gasteiger partial charge in [0.15, 0.2) is 0 Å². The predicted octanol–water partition coefficient (Wildman–Crippen LogP) is 4.97. The fourth-order valence-corrected chi connectivity index (χ4v) is 3.43. The second kappa shape index (κ2) is 7.34. The highest BCUT2D eigenvalue weighted by Gasteiger charge is 2.21. The maximum Gasteiger partial charge on any atom is 0.266 e. The molecule has 0 aliphatic carbocycles. The summed E-state index contributed by atoms with van der Waals surface area (Å²) in [6, 6.07) is 32.2. The number of aromatic nitrogens is 1. The standard InChI is InChI=1S/C24H20N2O/c25-24(27)23-21(19-12-6-2-7-13-19)16-22(20-14-8-3-9-15-20)26(23)17-18-10-4-1-5-11-18/h1-16H,17H2,(H2,25,27). The van der Waals surface area contributed by atoms with Gasteiger partial charge in [-0.1, -0.05) is 91.0 Å². The minimum Gasteiger partial charge on any atom is -0.364 e. The average molecular weight is 352 g/mol. The van der Waals surface area contributed by atoms with E-state index in [4.69, 9.17) is 5.73 Å². The minimum absolute atomic E-state index is 0.424. The van der Waals surface area contributed by atoms with Crippen LogP contribution in [0.2, 0.25) is 0 Å². The summed E-state index contributed by atoms with van der Waals surface area (Å²) in [4.78, 5) is 12.5. The molecule has 3 nitrogen and oxygen atoms in total. The molecule has 0 unspecified atom stereocenters. The number of hydrogen-bond donors (Lipinski definition) is 1. The van der Waals surface area contributed by atoms with Gasteiger partial charge < -0.3 is 10.3 Å². The van der Waals surface area contributed by atoms with E-state index in [-0.39, 0.29) is 0 Å². The molecule has 1 aromatic heterocycles. The van der Waals surface area contributed by atoms with Gasteiger partial charge in [-0.2, -0.15) is 0 Å². The summed E-state index contributed by atoms with van der Waals surface area (Å²) < 4.78 is 2.02. The molecule has 1 heterocycles. The first-order chi connectivity index (χ1) is 13.2. The molecule has 0 radical (unpaired) electrons. The van der Waals surface area contributed by atoms with Gasteiger partial charge >= 0.3 is 0 Å². The van der Waals surface area contributed by atoms with Gasteiger partial charge in [0.25, 0.3) is 5.91 Å². The lowest BCUT2D eigenvalue weighted by atomic mass is 10.0. The van der Waals surface area contributed by atoms with Crippen molar-refractivity contribution in [3.8, 4) is 22.4 Å². The van der Waals surface area contributed by atoms with Crippen molar-refractivity contribution in [2.75, 3.05) is 0 Å². The van der Waals surface area contributed by atoms with Crippen molar-refractivity contribution in [2.24, 2.45) is 5.73 Å². The summed E-state index contributed by atoms with van der Waals surface area (Å²) in [5, 5.41) is 0. The number of primary amides is 1. The summed E-state index contributed by atoms with van der Waals surface area (Å²) in [6.07, 6.45) is 0. The number of hydrogen-bond acceptors (Lipinski definition) is 1. The third kappa shape index (κ3) is 3.40. The number of rotatable bonds is 5. The Balaban J connectivity index is 1.95. The van der Waals surface area contributed by atoms with Crippen LogP contribution in [-0.2, 0) is 6.54 Å². The number of carbonyl (C=O) groups excluding carboxylic acids is 1. The molecule has 4 aromatic rings. The molecule has 1 amide bonds. The molecule has 0 bridgehead atoms. The van der Waals surface area contributed by atoms with Crippen LogP contribution >= 0.6 is 0 Å². The van der Waals surface area contributed by atoms with Crippen molar-refractivity contribution < 1.29 is 4.79 Å². The van der Waals surface area contributed by atoms with E-state index in [0.29, 0.717) is 12.2 Å². The van der Waals surface area contributed by atoms with Crippen LogP contribution in [0.15, 0.2) is 97.1 Å². The average Bonchev–Trinajstić information content (AvgIpc) is 3.09. The largest absolute Gasteiger partial charge is 0.364 e. The molecule has 2 N–H and O–H groups in total. The van der Waals surface area contributed by atoms with Crippen LogP contribution in [0.1, 0.15) is 16.1 Å². The molecule has 132 valence electrons. The summed E-state index contributed by atoms with van der Waals surface area (Å²) in [6.45, 7) is 0.580. The molecule has 0 saturated carbocycles. The van der Waals surface area contributed by atoms with Crippen molar-refractivity contribution >= 4 is 5.91 Å². The number of amides is 1. The first-order valence-electron chi connectivity index (χ1n) is 8.92. The van der Waals surface area contributed by atoms with Gasteiger partial charge in [-0.3, -0.25) is 4.79 Å². The summed E-state index contributed by atoms with van der Waals surface area (Å²) >= 11 is 0. The molecule has 0 atom stereocenters. The maximum absolute atomic E-state index is 12.5. The van der Waals surface area contributed by atoms with Crippen molar-refractivity contribution in [1.82, 2.24) is 4.57 Å². The maximum atomic E-state index is 12.5. The van der Waals surface area contributed by atoms with Crippen LogP contribution < -0.4 is 5.73 Å². The third-order valence-corrected chi connectivity index (χ3v) is 4.67. The van der Waals surface area contributed by atoms with Gasteiger partial charge in [0, 0.05) is 17.8 Å². The third-order valence-electron chi connectivity index (χ3n) is 4.67. The highest BCUT2D eigenvalue weighted by atomic mass is 16.1. The Morgan fingerprint density at radius 3 is 1.81 bits per heavy atom. The predicted molar refractivity (Wildman–Crippen MR) is 109 cm³/mol. The lowest BCUT2D eigenvalue weighted by Crippen LogP contribution is -2.19. The van der Waals surface area contributed by atoms with Crippen LogP contribution in [0.5, 0.6) is 0 Å². The van der Waals surface area contributed by atoms with E-state index in [2.05, 4.69) is 30.3 Å². The number of carbonyl (C=O) groups is 1. The van der Waals surface area contributed by atoms with Gasteiger partial charge in [-0.15, -0.1) is 0 Å². The first kappa shape index (κ1) is 16.9. The van der Waals surface area contributed by atoms with Gasteiger partial charge in [-0.05, 0) is 22.8 Å². The normalized spacial score (nSPS) is 10.7. The van der Waals surface area contributed by atoms with Crippen LogP contribution in [0.3, 0.4) is 0 Å². The van der Waals surface area contributed by atoms with Crippen LogP contribution in [0, 0.1) is 0 Å². The zero-order chi connectivity index (χ0) is 18.6. The highest BCUT2D eigenvalue weighted by molar-refractivity contribution is 6.00. The van der Waals surface area contributed by atoms with Crippen molar-refractivity contribution in [3.63, 3.8) is 0 Å². The van der Waals surface area contributed by atoms with Crippen LogP contribution in [0.25, 0.3) is 22.4 Å². The monoisotopic (exact) mass is 352 g/mol. The van der Waals surface area contributed by atoms with E-state index in [9.17, 15) is 4.79 Å². The molecule has 3 aromatic carbocycles. The van der Waals surface area contributed by atoms with E-state index < -0.39 is 5.91 Å². The summed E-state index contributed by atoms with van der Waals surface area (Å²) in [5.41, 5.74) is 11.4. The Bertz CT molecular complexity index is 1050. The molecule has 0 fully saturated rings. The van der Waals surface area contributed by atoms with Crippen molar-refractivity contribution in [2.45, 2.75) is 6.54 Å². The molecule has 4 rings (SSSR count). The fourth-order valence-electron chi connectivity index (χ4n) is 3.43. The number of benzene rings is 3. The van der Waals surface area contributed by atoms with Gasteiger partial charge in [-0.25, -0.2) is 0 Å². The molecule has 0 aliphatic heterocycles. The lowest BCUT2D eigenvalue weighted by molar-refractivity contribution is 0.0993. The van der Waals surface area contributed by atoms with E-state index in [1.807, 2.05) is 71.3 Å². The molecular weight excluding hydrogens is 332 g/mol. The van der Waals surface area contributed by atoms with Crippen LogP contribution in [-0.4, -0.2) is 10.5 Å². The number of nitrogens with zero attached hydrogens (tertiary/aromatic N) is 1.